The molecule has 0 aliphatic heterocycles. The van der Waals surface area contributed by atoms with Crippen molar-refractivity contribution in [3.63, 3.8) is 0 Å². The minimum absolute atomic E-state index is 0.0496. The average Bonchev–Trinajstić information content (AvgIpc) is 2.66. The number of alkyl carbamates (subject to hydrolysis) is 1. The van der Waals surface area contributed by atoms with Gasteiger partial charge in [0.2, 0.25) is 5.91 Å². The molecule has 0 radical (unpaired) electrons. The highest BCUT2D eigenvalue weighted by Gasteiger charge is 2.22. The molecule has 8 nitrogen and oxygen atoms in total. The fourth-order valence-electron chi connectivity index (χ4n) is 2.16. The van der Waals surface area contributed by atoms with Crippen molar-refractivity contribution in [2.45, 2.75) is 19.1 Å². The number of ether oxygens (including phenoxy) is 1. The van der Waals surface area contributed by atoms with Crippen LogP contribution in [-0.2, 0) is 27.4 Å². The summed E-state index contributed by atoms with van der Waals surface area (Å²) in [5.74, 6) is -1.83. The van der Waals surface area contributed by atoms with Crippen molar-refractivity contribution in [2.75, 3.05) is 6.54 Å². The summed E-state index contributed by atoms with van der Waals surface area (Å²) in [5.41, 5.74) is 1.45. The number of nitrogens with zero attached hydrogens (tertiary/aromatic N) is 1. The van der Waals surface area contributed by atoms with E-state index < -0.39 is 30.6 Å². The molecule has 0 unspecified atom stereocenters. The van der Waals surface area contributed by atoms with Crippen LogP contribution >= 0.6 is 15.9 Å². The van der Waals surface area contributed by atoms with Crippen LogP contribution in [0.3, 0.4) is 0 Å². The van der Waals surface area contributed by atoms with Crippen molar-refractivity contribution in [3.8, 4) is 0 Å². The SMILES string of the molecule is O=C(CNC(=O)OCc1ccccc1)N[C@@H](Cc1cccnc1Br)C(=O)O. The lowest BCUT2D eigenvalue weighted by Gasteiger charge is -2.15. The van der Waals surface area contributed by atoms with E-state index in [1.54, 1.807) is 30.5 Å². The summed E-state index contributed by atoms with van der Waals surface area (Å²) in [4.78, 5) is 39.0. The third-order valence-electron chi connectivity index (χ3n) is 3.50. The van der Waals surface area contributed by atoms with Crippen molar-refractivity contribution in [1.82, 2.24) is 15.6 Å². The number of aliphatic carboxylic acids is 1. The summed E-state index contributed by atoms with van der Waals surface area (Å²) in [5, 5.41) is 13.9. The molecule has 1 aromatic heterocycles. The summed E-state index contributed by atoms with van der Waals surface area (Å²) >= 11 is 3.24. The van der Waals surface area contributed by atoms with Gasteiger partial charge < -0.3 is 20.5 Å². The molecule has 0 bridgehead atoms. The van der Waals surface area contributed by atoms with E-state index in [0.29, 0.717) is 10.2 Å². The van der Waals surface area contributed by atoms with Crippen molar-refractivity contribution in [3.05, 3.63) is 64.4 Å². The first-order chi connectivity index (χ1) is 13.0. The van der Waals surface area contributed by atoms with Gasteiger partial charge in [-0.05, 0) is 33.1 Å². The number of hydrogen-bond acceptors (Lipinski definition) is 5. The zero-order chi connectivity index (χ0) is 19.6. The second-order valence-electron chi connectivity index (χ2n) is 5.53. The molecule has 2 rings (SSSR count). The number of halogens is 1. The first kappa shape index (κ1) is 20.4. The van der Waals surface area contributed by atoms with Gasteiger partial charge in [-0.3, -0.25) is 4.79 Å². The van der Waals surface area contributed by atoms with Crippen LogP contribution in [0.4, 0.5) is 4.79 Å². The maximum Gasteiger partial charge on any atom is 0.407 e. The van der Waals surface area contributed by atoms with Gasteiger partial charge in [0.15, 0.2) is 0 Å². The van der Waals surface area contributed by atoms with E-state index in [9.17, 15) is 19.5 Å². The number of hydrogen-bond donors (Lipinski definition) is 3. The van der Waals surface area contributed by atoms with Crippen LogP contribution < -0.4 is 10.6 Å². The van der Waals surface area contributed by atoms with E-state index >= 15 is 0 Å². The van der Waals surface area contributed by atoms with E-state index in [0.717, 1.165) is 5.56 Å². The lowest BCUT2D eigenvalue weighted by Crippen LogP contribution is -2.46. The molecule has 27 heavy (non-hydrogen) atoms. The van der Waals surface area contributed by atoms with E-state index in [-0.39, 0.29) is 13.0 Å². The molecule has 0 spiro atoms. The molecule has 9 heteroatoms. The van der Waals surface area contributed by atoms with Crippen molar-refractivity contribution in [1.29, 1.82) is 0 Å². The Kier molecular flexibility index (Phi) is 7.75. The van der Waals surface area contributed by atoms with Crippen molar-refractivity contribution in [2.24, 2.45) is 0 Å². The van der Waals surface area contributed by atoms with Gasteiger partial charge in [-0.2, -0.15) is 0 Å². The standard InChI is InChI=1S/C18H18BrN3O5/c19-16-13(7-4-8-20-16)9-14(17(24)25)22-15(23)10-21-18(26)27-11-12-5-2-1-3-6-12/h1-8,14H,9-11H2,(H,21,26)(H,22,23)(H,24,25)/t14-/m0/s1. The number of pyridine rings is 1. The number of aromatic nitrogens is 1. The number of amides is 2. The molecule has 0 fully saturated rings. The topological polar surface area (TPSA) is 118 Å². The molecule has 0 aliphatic carbocycles. The smallest absolute Gasteiger partial charge is 0.407 e. The number of carbonyl (C=O) groups is 3. The fourth-order valence-corrected chi connectivity index (χ4v) is 2.58. The Balaban J connectivity index is 1.79. The Morgan fingerprint density at radius 2 is 1.89 bits per heavy atom. The highest BCUT2D eigenvalue weighted by Crippen LogP contribution is 2.14. The van der Waals surface area contributed by atoms with Gasteiger partial charge in [-0.1, -0.05) is 36.4 Å². The summed E-state index contributed by atoms with van der Waals surface area (Å²) < 4.78 is 5.49. The number of carboxylic acid groups (broad SMARTS) is 1. The zero-order valence-electron chi connectivity index (χ0n) is 14.2. The summed E-state index contributed by atoms with van der Waals surface area (Å²) in [6.45, 7) is -0.327. The second-order valence-corrected chi connectivity index (χ2v) is 6.28. The fraction of sp³-hybridized carbons (Fsp3) is 0.222. The van der Waals surface area contributed by atoms with Gasteiger partial charge in [-0.25, -0.2) is 14.6 Å². The van der Waals surface area contributed by atoms with E-state index in [2.05, 4.69) is 31.5 Å². The largest absolute Gasteiger partial charge is 0.480 e. The third kappa shape index (κ3) is 7.06. The van der Waals surface area contributed by atoms with E-state index in [4.69, 9.17) is 4.74 Å². The first-order valence-corrected chi connectivity index (χ1v) is 8.81. The number of nitrogens with one attached hydrogen (secondary N) is 2. The van der Waals surface area contributed by atoms with Crippen LogP contribution in [0.15, 0.2) is 53.3 Å². The van der Waals surface area contributed by atoms with Crippen LogP contribution in [0.1, 0.15) is 11.1 Å². The van der Waals surface area contributed by atoms with E-state index in [1.807, 2.05) is 18.2 Å². The summed E-state index contributed by atoms with van der Waals surface area (Å²) in [6, 6.07) is 11.3. The maximum atomic E-state index is 11.9. The van der Waals surface area contributed by atoms with Crippen LogP contribution in [0.5, 0.6) is 0 Å². The van der Waals surface area contributed by atoms with Crippen LogP contribution in [0.25, 0.3) is 0 Å². The van der Waals surface area contributed by atoms with Gasteiger partial charge in [0, 0.05) is 12.6 Å². The predicted octanol–water partition coefficient (Wildman–Crippen LogP) is 1.88. The maximum absolute atomic E-state index is 11.9. The Hall–Kier alpha value is -2.94. The molecule has 2 aromatic rings. The Morgan fingerprint density at radius 3 is 2.56 bits per heavy atom. The molecule has 1 heterocycles. The van der Waals surface area contributed by atoms with Gasteiger partial charge >= 0.3 is 12.1 Å². The monoisotopic (exact) mass is 435 g/mol. The highest BCUT2D eigenvalue weighted by atomic mass is 79.9. The lowest BCUT2D eigenvalue weighted by molar-refractivity contribution is -0.141. The Labute approximate surface area is 164 Å². The third-order valence-corrected chi connectivity index (χ3v) is 4.21. The summed E-state index contributed by atoms with van der Waals surface area (Å²) in [6.07, 6.45) is 0.844. The minimum atomic E-state index is -1.19. The van der Waals surface area contributed by atoms with E-state index in [1.165, 1.54) is 0 Å². The highest BCUT2D eigenvalue weighted by molar-refractivity contribution is 9.10. The molecule has 2 amide bonds. The van der Waals surface area contributed by atoms with Crippen molar-refractivity contribution < 1.29 is 24.2 Å². The van der Waals surface area contributed by atoms with Gasteiger partial charge in [0.05, 0.1) is 0 Å². The number of benzene rings is 1. The molecular formula is C18H18BrN3O5. The van der Waals surface area contributed by atoms with Gasteiger partial charge in [-0.15, -0.1) is 0 Å². The normalized spacial score (nSPS) is 11.3. The summed E-state index contributed by atoms with van der Waals surface area (Å²) in [7, 11) is 0. The van der Waals surface area contributed by atoms with Crippen LogP contribution in [0.2, 0.25) is 0 Å². The number of carboxylic acids is 1. The Morgan fingerprint density at radius 1 is 1.15 bits per heavy atom. The zero-order valence-corrected chi connectivity index (χ0v) is 15.8. The molecule has 0 saturated heterocycles. The second kappa shape index (κ2) is 10.3. The average molecular weight is 436 g/mol. The lowest BCUT2D eigenvalue weighted by atomic mass is 10.1. The molecular weight excluding hydrogens is 418 g/mol. The molecule has 1 aromatic carbocycles. The predicted molar refractivity (Wildman–Crippen MR) is 99.8 cm³/mol. The molecule has 0 aliphatic rings. The molecule has 0 saturated carbocycles. The molecule has 3 N–H and O–H groups in total. The first-order valence-electron chi connectivity index (χ1n) is 8.02. The van der Waals surface area contributed by atoms with Gasteiger partial charge in [0.1, 0.15) is 23.8 Å². The molecule has 1 atom stereocenters. The van der Waals surface area contributed by atoms with Crippen LogP contribution in [-0.4, -0.2) is 40.6 Å². The quantitative estimate of drug-likeness (QED) is 0.544. The van der Waals surface area contributed by atoms with Crippen molar-refractivity contribution >= 4 is 33.9 Å². The Bertz CT molecular complexity index is 801. The van der Waals surface area contributed by atoms with Gasteiger partial charge in [0.25, 0.3) is 0 Å². The minimum Gasteiger partial charge on any atom is -0.480 e. The molecule has 142 valence electrons. The number of carbonyl (C=O) groups excluding carboxylic acids is 2. The number of rotatable bonds is 8. The van der Waals surface area contributed by atoms with Crippen LogP contribution in [0, 0.1) is 0 Å².